The van der Waals surface area contributed by atoms with E-state index in [-0.39, 0.29) is 11.9 Å². The molecule has 0 aromatic carbocycles. The summed E-state index contributed by atoms with van der Waals surface area (Å²) in [4.78, 5) is 0. The van der Waals surface area contributed by atoms with Crippen LogP contribution in [-0.2, 0) is 0 Å². The first-order chi connectivity index (χ1) is 5.08. The van der Waals surface area contributed by atoms with E-state index in [0.29, 0.717) is 26.2 Å². The van der Waals surface area contributed by atoms with Crippen LogP contribution in [0.4, 0.5) is 13.2 Å². The van der Waals surface area contributed by atoms with Crippen LogP contribution in [0.3, 0.4) is 0 Å². The molecule has 1 aliphatic rings. The first-order valence-corrected chi connectivity index (χ1v) is 4.07. The fourth-order valence-electron chi connectivity index (χ4n) is 0.882. The lowest BCUT2D eigenvalue weighted by Crippen LogP contribution is -2.41. The fraction of sp³-hybridized carbons (Fsp3) is 1.00. The summed E-state index contributed by atoms with van der Waals surface area (Å²) >= 11 is -0.0290. The third-order valence-electron chi connectivity index (χ3n) is 1.31. The van der Waals surface area contributed by atoms with Crippen molar-refractivity contribution >= 4 is 11.9 Å². The average Bonchev–Trinajstić information content (AvgIpc) is 1.85. The molecule has 0 saturated carbocycles. The second-order valence-electron chi connectivity index (χ2n) is 2.22. The van der Waals surface area contributed by atoms with E-state index in [1.54, 1.807) is 0 Å². The third-order valence-corrected chi connectivity index (χ3v) is 2.14. The molecule has 0 spiro atoms. The van der Waals surface area contributed by atoms with Crippen molar-refractivity contribution in [2.24, 2.45) is 0 Å². The summed E-state index contributed by atoms with van der Waals surface area (Å²) in [5.74, 6) is 0. The molecule has 1 aliphatic heterocycles. The summed E-state index contributed by atoms with van der Waals surface area (Å²) in [7, 11) is 0. The van der Waals surface area contributed by atoms with Crippen LogP contribution in [0.15, 0.2) is 0 Å². The summed E-state index contributed by atoms with van der Waals surface area (Å²) in [5, 5.41) is 2.98. The van der Waals surface area contributed by atoms with Gasteiger partial charge in [0, 0.05) is 38.1 Å². The Labute approximate surface area is 67.3 Å². The number of halogens is 3. The van der Waals surface area contributed by atoms with Gasteiger partial charge < -0.3 is 5.32 Å². The highest BCUT2D eigenvalue weighted by Gasteiger charge is 2.32. The van der Waals surface area contributed by atoms with Crippen LogP contribution < -0.4 is 5.32 Å². The van der Waals surface area contributed by atoms with Gasteiger partial charge in [0.1, 0.15) is 0 Å². The van der Waals surface area contributed by atoms with Crippen molar-refractivity contribution in [1.29, 1.82) is 0 Å². The van der Waals surface area contributed by atoms with Gasteiger partial charge >= 0.3 is 5.51 Å². The van der Waals surface area contributed by atoms with Gasteiger partial charge in [0.05, 0.1) is 0 Å². The highest BCUT2D eigenvalue weighted by molar-refractivity contribution is 7.97. The van der Waals surface area contributed by atoms with Crippen molar-refractivity contribution in [2.45, 2.75) is 5.51 Å². The molecule has 0 aromatic heterocycles. The molecular weight excluding hydrogens is 177 g/mol. The van der Waals surface area contributed by atoms with Gasteiger partial charge in [0.15, 0.2) is 0 Å². The van der Waals surface area contributed by atoms with Gasteiger partial charge in [-0.25, -0.2) is 4.31 Å². The van der Waals surface area contributed by atoms with Crippen LogP contribution in [-0.4, -0.2) is 36.0 Å². The number of piperazine rings is 1. The maximum atomic E-state index is 11.7. The Bertz CT molecular complexity index is 121. The van der Waals surface area contributed by atoms with E-state index >= 15 is 0 Å². The molecule has 6 heteroatoms. The van der Waals surface area contributed by atoms with Crippen LogP contribution >= 0.6 is 11.9 Å². The Morgan fingerprint density at radius 3 is 2.18 bits per heavy atom. The summed E-state index contributed by atoms with van der Waals surface area (Å²) in [6.45, 7) is 2.21. The molecule has 1 N–H and O–H groups in total. The summed E-state index contributed by atoms with van der Waals surface area (Å²) in [6, 6.07) is 0. The van der Waals surface area contributed by atoms with E-state index in [9.17, 15) is 13.2 Å². The van der Waals surface area contributed by atoms with Crippen LogP contribution in [0, 0.1) is 0 Å². The molecule has 0 radical (unpaired) electrons. The van der Waals surface area contributed by atoms with E-state index in [2.05, 4.69) is 5.32 Å². The van der Waals surface area contributed by atoms with Gasteiger partial charge in [-0.05, 0) is 0 Å². The molecule has 0 unspecified atom stereocenters. The third kappa shape index (κ3) is 3.83. The van der Waals surface area contributed by atoms with Gasteiger partial charge in [0.25, 0.3) is 0 Å². The lowest BCUT2D eigenvalue weighted by Gasteiger charge is -2.26. The van der Waals surface area contributed by atoms with Crippen LogP contribution in [0.25, 0.3) is 0 Å². The number of nitrogens with one attached hydrogen (secondary N) is 1. The molecule has 0 atom stereocenters. The predicted octanol–water partition coefficient (Wildman–Crippen LogP) is 1.06. The Hall–Kier alpha value is 0.0600. The van der Waals surface area contributed by atoms with Crippen LogP contribution in [0.2, 0.25) is 0 Å². The molecule has 0 amide bonds. The van der Waals surface area contributed by atoms with E-state index < -0.39 is 5.51 Å². The Morgan fingerprint density at radius 1 is 1.18 bits per heavy atom. The maximum Gasteiger partial charge on any atom is 0.456 e. The zero-order chi connectivity index (χ0) is 8.32. The van der Waals surface area contributed by atoms with E-state index in [4.69, 9.17) is 0 Å². The number of alkyl halides is 3. The number of nitrogens with zero attached hydrogens (tertiary/aromatic N) is 1. The van der Waals surface area contributed by atoms with Gasteiger partial charge in [-0.15, -0.1) is 0 Å². The predicted molar refractivity (Wildman–Crippen MR) is 38.1 cm³/mol. The molecule has 1 fully saturated rings. The van der Waals surface area contributed by atoms with Crippen molar-refractivity contribution in [2.75, 3.05) is 26.2 Å². The molecule has 0 aliphatic carbocycles. The zero-order valence-corrected chi connectivity index (χ0v) is 6.63. The van der Waals surface area contributed by atoms with Crippen LogP contribution in [0.5, 0.6) is 0 Å². The number of hydrogen-bond donors (Lipinski definition) is 1. The standard InChI is InChI=1S/C5H9F3N2S/c6-5(7,8)11-10-3-1-9-2-4-10/h9H,1-4H2. The molecular formula is C5H9F3N2S. The summed E-state index contributed by atoms with van der Waals surface area (Å²) < 4.78 is 36.6. The summed E-state index contributed by atoms with van der Waals surface area (Å²) in [5.41, 5.74) is -4.13. The highest BCUT2D eigenvalue weighted by Crippen LogP contribution is 2.32. The molecule has 66 valence electrons. The summed E-state index contributed by atoms with van der Waals surface area (Å²) in [6.07, 6.45) is 0. The van der Waals surface area contributed by atoms with E-state index in [0.717, 1.165) is 0 Å². The average molecular weight is 186 g/mol. The first kappa shape index (κ1) is 9.15. The molecule has 11 heavy (non-hydrogen) atoms. The topological polar surface area (TPSA) is 15.3 Å². The second kappa shape index (κ2) is 3.64. The number of rotatable bonds is 1. The Kier molecular flexibility index (Phi) is 3.03. The minimum atomic E-state index is -4.13. The second-order valence-corrected chi connectivity index (χ2v) is 3.38. The van der Waals surface area contributed by atoms with Crippen molar-refractivity contribution in [3.63, 3.8) is 0 Å². The molecule has 1 heterocycles. The Morgan fingerprint density at radius 2 is 1.73 bits per heavy atom. The van der Waals surface area contributed by atoms with E-state index in [1.165, 1.54) is 4.31 Å². The molecule has 1 rings (SSSR count). The van der Waals surface area contributed by atoms with E-state index in [1.807, 2.05) is 0 Å². The van der Waals surface area contributed by atoms with Crippen molar-refractivity contribution in [3.05, 3.63) is 0 Å². The SMILES string of the molecule is FC(F)(F)SN1CCNCC1. The molecule has 2 nitrogen and oxygen atoms in total. The number of hydrogen-bond acceptors (Lipinski definition) is 3. The van der Waals surface area contributed by atoms with Crippen molar-refractivity contribution < 1.29 is 13.2 Å². The first-order valence-electron chi connectivity index (χ1n) is 3.29. The monoisotopic (exact) mass is 186 g/mol. The lowest BCUT2D eigenvalue weighted by atomic mass is 10.4. The molecule has 0 bridgehead atoms. The van der Waals surface area contributed by atoms with Crippen molar-refractivity contribution in [1.82, 2.24) is 9.62 Å². The van der Waals surface area contributed by atoms with Gasteiger partial charge in [-0.2, -0.15) is 13.2 Å². The van der Waals surface area contributed by atoms with Gasteiger partial charge in [-0.1, -0.05) is 0 Å². The van der Waals surface area contributed by atoms with Crippen molar-refractivity contribution in [3.8, 4) is 0 Å². The minimum Gasteiger partial charge on any atom is -0.314 e. The lowest BCUT2D eigenvalue weighted by molar-refractivity contribution is -0.0364. The van der Waals surface area contributed by atoms with Gasteiger partial charge in [0.2, 0.25) is 0 Å². The fourth-order valence-corrected chi connectivity index (χ4v) is 1.54. The maximum absolute atomic E-state index is 11.7. The minimum absolute atomic E-state index is 0.0290. The smallest absolute Gasteiger partial charge is 0.314 e. The molecule has 1 saturated heterocycles. The zero-order valence-electron chi connectivity index (χ0n) is 5.82. The quantitative estimate of drug-likeness (QED) is 0.616. The normalized spacial score (nSPS) is 22.1. The highest BCUT2D eigenvalue weighted by atomic mass is 32.2. The molecule has 0 aromatic rings. The Balaban J connectivity index is 2.24. The largest absolute Gasteiger partial charge is 0.456 e. The van der Waals surface area contributed by atoms with Gasteiger partial charge in [-0.3, -0.25) is 0 Å². The van der Waals surface area contributed by atoms with Crippen LogP contribution in [0.1, 0.15) is 0 Å².